The Morgan fingerprint density at radius 2 is 1.32 bits per heavy atom. The second-order valence-electron chi connectivity index (χ2n) is 7.54. The molecule has 0 atom stereocenters. The molecule has 0 radical (unpaired) electrons. The Morgan fingerprint density at radius 1 is 1.00 bits per heavy atom. The fourth-order valence-electron chi connectivity index (χ4n) is 0.999. The maximum atomic E-state index is 10.4. The lowest BCUT2D eigenvalue weighted by Crippen LogP contribution is -2.39. The van der Waals surface area contributed by atoms with Gasteiger partial charge in [-0.1, -0.05) is 65.8 Å². The standard InChI is InChI=1S/C7H18NOSi2.2C3H10Si/c1-5-6-8(7-9)10-11(2,3)4;2*1-4(2)3/h5-6,10H2,1-4H3;2*4H,1-3H3/q+1;;. The summed E-state index contributed by atoms with van der Waals surface area (Å²) in [7, 11) is -1.55. The summed E-state index contributed by atoms with van der Waals surface area (Å²) in [5, 5.41) is 0. The lowest BCUT2D eigenvalue weighted by molar-refractivity contribution is -0.375. The largest absolute Gasteiger partial charge is 0.400 e. The van der Waals surface area contributed by atoms with Crippen molar-refractivity contribution in [3.05, 3.63) is 0 Å². The molecule has 0 amide bonds. The van der Waals surface area contributed by atoms with Crippen LogP contribution in [0.5, 0.6) is 0 Å². The Labute approximate surface area is 128 Å². The number of isocyanates is 1. The van der Waals surface area contributed by atoms with Crippen LogP contribution in [-0.4, -0.2) is 51.2 Å². The molecule has 0 aliphatic rings. The molecule has 0 aliphatic carbocycles. The van der Waals surface area contributed by atoms with Crippen LogP contribution < -0.4 is 0 Å². The van der Waals surface area contributed by atoms with E-state index in [1.165, 1.54) is 0 Å². The zero-order valence-corrected chi connectivity index (χ0v) is 19.9. The summed E-state index contributed by atoms with van der Waals surface area (Å²) in [6.45, 7) is 23.8. The highest BCUT2D eigenvalue weighted by molar-refractivity contribution is 7.20. The SMILES string of the molecule is CCC[N+](=C=O)[SiH2][Si](C)(C)C.C[SiH](C)C.C[SiH](C)C. The van der Waals surface area contributed by atoms with Gasteiger partial charge in [-0.15, -0.1) is 0 Å². The number of carbonyl (C=O) groups excluding carboxylic acids is 1. The fraction of sp³-hybridized carbons (Fsp3) is 0.923. The molecule has 116 valence electrons. The van der Waals surface area contributed by atoms with Gasteiger partial charge in [0.05, 0.1) is 0 Å². The lowest BCUT2D eigenvalue weighted by Gasteiger charge is -2.08. The van der Waals surface area contributed by atoms with Crippen LogP contribution in [0.4, 0.5) is 0 Å². The van der Waals surface area contributed by atoms with Gasteiger partial charge in [-0.3, -0.25) is 0 Å². The number of hydrogen-bond donors (Lipinski definition) is 0. The number of nitrogens with zero attached hydrogens (tertiary/aromatic N) is 1. The van der Waals surface area contributed by atoms with E-state index in [1.54, 1.807) is 0 Å². The van der Waals surface area contributed by atoms with Gasteiger partial charge in [-0.25, -0.2) is 4.24 Å². The van der Waals surface area contributed by atoms with Gasteiger partial charge in [0.2, 0.25) is 0 Å². The first kappa shape index (κ1) is 24.3. The van der Waals surface area contributed by atoms with E-state index in [0.717, 1.165) is 13.0 Å². The normalized spacial score (nSPS) is 10.7. The molecule has 0 aliphatic heterocycles. The summed E-state index contributed by atoms with van der Waals surface area (Å²) in [5.41, 5.74) is 0. The van der Waals surface area contributed by atoms with Crippen LogP contribution in [0.1, 0.15) is 13.3 Å². The highest BCUT2D eigenvalue weighted by atomic mass is 29.2. The van der Waals surface area contributed by atoms with E-state index in [2.05, 4.69) is 65.8 Å². The minimum absolute atomic E-state index is 0.139. The maximum Gasteiger partial charge on any atom is 0.400 e. The molecule has 0 heterocycles. The Kier molecular flexibility index (Phi) is 18.7. The number of hydrogen-bond acceptors (Lipinski definition) is 1. The van der Waals surface area contributed by atoms with Gasteiger partial charge in [0, 0.05) is 24.0 Å². The highest BCUT2D eigenvalue weighted by Gasteiger charge is 2.23. The first-order valence-electron chi connectivity index (χ1n) is 7.58. The van der Waals surface area contributed by atoms with Crippen molar-refractivity contribution in [2.75, 3.05) is 6.54 Å². The summed E-state index contributed by atoms with van der Waals surface area (Å²) in [6, 6.07) is 0. The Hall–Kier alpha value is 0.248. The summed E-state index contributed by atoms with van der Waals surface area (Å²) in [4.78, 5) is 10.4. The van der Waals surface area contributed by atoms with Gasteiger partial charge in [0.15, 0.2) is 0 Å². The molecule has 0 saturated carbocycles. The Morgan fingerprint density at radius 3 is 1.47 bits per heavy atom. The molecule has 0 aromatic carbocycles. The quantitative estimate of drug-likeness (QED) is 0.439. The molecule has 0 bridgehead atoms. The van der Waals surface area contributed by atoms with Crippen LogP contribution in [0.2, 0.25) is 58.9 Å². The average Bonchev–Trinajstić information content (AvgIpc) is 2.13. The van der Waals surface area contributed by atoms with Gasteiger partial charge in [-0.2, -0.15) is 4.79 Å². The first-order valence-corrected chi connectivity index (χ1v) is 21.0. The van der Waals surface area contributed by atoms with Crippen molar-refractivity contribution < 1.29 is 9.04 Å². The minimum Gasteiger partial charge on any atom is -0.234 e. The molecule has 6 heteroatoms. The molecule has 0 fully saturated rings. The summed E-state index contributed by atoms with van der Waals surface area (Å²) in [5.74, 6) is 0. The van der Waals surface area contributed by atoms with E-state index in [9.17, 15) is 4.79 Å². The van der Waals surface area contributed by atoms with E-state index >= 15 is 0 Å². The van der Waals surface area contributed by atoms with Crippen LogP contribution in [0.25, 0.3) is 0 Å². The van der Waals surface area contributed by atoms with Gasteiger partial charge >= 0.3 is 15.3 Å². The monoisotopic (exact) mass is 336 g/mol. The van der Waals surface area contributed by atoms with Gasteiger partial charge < -0.3 is 0 Å². The van der Waals surface area contributed by atoms with Crippen LogP contribution in [0.3, 0.4) is 0 Å². The molecule has 0 aromatic heterocycles. The van der Waals surface area contributed by atoms with E-state index in [1.807, 2.05) is 10.3 Å². The Bertz CT molecular complexity index is 232. The molecule has 0 unspecified atom stereocenters. The van der Waals surface area contributed by atoms with Gasteiger partial charge in [-0.05, 0) is 0 Å². The first-order chi connectivity index (χ1) is 8.46. The van der Waals surface area contributed by atoms with E-state index in [0.29, 0.717) is 0 Å². The molecule has 0 aromatic rings. The minimum atomic E-state index is -0.976. The predicted molar refractivity (Wildman–Crippen MR) is 102 cm³/mol. The molecular formula is C13H38NOSi4+. The van der Waals surface area contributed by atoms with Crippen molar-refractivity contribution in [2.45, 2.75) is 72.3 Å². The third-order valence-electron chi connectivity index (χ3n) is 1.29. The zero-order valence-electron chi connectivity index (χ0n) is 15.1. The fourth-order valence-corrected chi connectivity index (χ4v) is 6.79. The second-order valence-corrected chi connectivity index (χ2v) is 28.0. The smallest absolute Gasteiger partial charge is 0.234 e. The summed E-state index contributed by atoms with van der Waals surface area (Å²) < 4.78 is 1.91. The Balaban J connectivity index is -0.000000264. The molecule has 0 rings (SSSR count). The molecule has 0 spiro atoms. The maximum absolute atomic E-state index is 10.4. The van der Waals surface area contributed by atoms with Crippen molar-refractivity contribution in [3.63, 3.8) is 0 Å². The van der Waals surface area contributed by atoms with E-state index in [4.69, 9.17) is 0 Å². The average molecular weight is 337 g/mol. The molecule has 2 nitrogen and oxygen atoms in total. The van der Waals surface area contributed by atoms with Crippen LogP contribution >= 0.6 is 0 Å². The van der Waals surface area contributed by atoms with E-state index in [-0.39, 0.29) is 26.8 Å². The van der Waals surface area contributed by atoms with Crippen LogP contribution in [0.15, 0.2) is 0 Å². The second kappa shape index (κ2) is 14.7. The topological polar surface area (TPSA) is 20.1 Å². The van der Waals surface area contributed by atoms with Gasteiger partial charge in [0.25, 0.3) is 0 Å². The highest BCUT2D eigenvalue weighted by Crippen LogP contribution is 1.97. The predicted octanol–water partition coefficient (Wildman–Crippen LogP) is 2.87. The van der Waals surface area contributed by atoms with Crippen molar-refractivity contribution >= 4 is 40.5 Å². The summed E-state index contributed by atoms with van der Waals surface area (Å²) in [6.07, 6.45) is 3.10. The molecule has 0 N–H and O–H groups in total. The summed E-state index contributed by atoms with van der Waals surface area (Å²) >= 11 is 0. The van der Waals surface area contributed by atoms with Crippen molar-refractivity contribution in [1.82, 2.24) is 0 Å². The third kappa shape index (κ3) is 45.9. The number of rotatable bonds is 4. The molecule has 19 heavy (non-hydrogen) atoms. The van der Waals surface area contributed by atoms with Gasteiger partial charge in [0.1, 0.15) is 14.1 Å². The third-order valence-corrected chi connectivity index (χ3v) is 7.05. The van der Waals surface area contributed by atoms with Crippen molar-refractivity contribution in [3.8, 4) is 0 Å². The van der Waals surface area contributed by atoms with Crippen molar-refractivity contribution in [1.29, 1.82) is 0 Å². The molecular weight excluding hydrogens is 298 g/mol. The molecule has 0 saturated heterocycles. The van der Waals surface area contributed by atoms with Crippen LogP contribution in [0, 0.1) is 0 Å². The lowest BCUT2D eigenvalue weighted by atomic mass is 10.5. The zero-order chi connectivity index (χ0) is 16.1. The van der Waals surface area contributed by atoms with Crippen molar-refractivity contribution in [2.24, 2.45) is 0 Å². The van der Waals surface area contributed by atoms with E-state index < -0.39 is 7.59 Å². The van der Waals surface area contributed by atoms with Crippen LogP contribution in [-0.2, 0) is 4.79 Å².